The average Bonchev–Trinajstić information content (AvgIpc) is 3.29. The average molecular weight is 657 g/mol. The van der Waals surface area contributed by atoms with Crippen molar-refractivity contribution in [1.82, 2.24) is 19.3 Å². The fourth-order valence-electron chi connectivity index (χ4n) is 4.68. The summed E-state index contributed by atoms with van der Waals surface area (Å²) >= 11 is 0. The van der Waals surface area contributed by atoms with Crippen LogP contribution in [0.1, 0.15) is 36.8 Å². The van der Waals surface area contributed by atoms with Gasteiger partial charge in [0.25, 0.3) is 17.4 Å². The molecule has 0 radical (unpaired) electrons. The molecule has 5 rings (SSSR count). The highest BCUT2D eigenvalue weighted by Crippen LogP contribution is 2.30. The standard InChI is InChI=1S/C32H32N6O6.C2H4O2/c1-19(43-32(41)20(2)33)18-37-21(3)29(31(40)38(37)22-8-6-5-7-9-22)30(39)36-28-13-11-24(17-35-28)44-27-14-15-34-26-16-23(42-4)10-12-25(26)27;1-2(3)4/h5-17,19-20H,18,33H2,1-4H3,(H,35,36,39);1H3,(H,3,4)/t19-,20+;/m1./s1. The van der Waals surface area contributed by atoms with Crippen molar-refractivity contribution in [2.24, 2.45) is 5.73 Å². The number of para-hydroxylation sites is 1. The zero-order chi connectivity index (χ0) is 35.0. The Labute approximate surface area is 275 Å². The summed E-state index contributed by atoms with van der Waals surface area (Å²) in [5.74, 6) is -0.102. The number of benzene rings is 2. The first-order valence-electron chi connectivity index (χ1n) is 14.8. The Morgan fingerprint density at radius 3 is 2.31 bits per heavy atom. The number of carbonyl (C=O) groups excluding carboxylic acids is 2. The van der Waals surface area contributed by atoms with Crippen LogP contribution in [0.25, 0.3) is 16.6 Å². The van der Waals surface area contributed by atoms with E-state index in [9.17, 15) is 14.4 Å². The third-order valence-electron chi connectivity index (χ3n) is 6.86. The van der Waals surface area contributed by atoms with Crippen LogP contribution in [0.15, 0.2) is 83.9 Å². The van der Waals surface area contributed by atoms with Gasteiger partial charge in [0.2, 0.25) is 0 Å². The second-order valence-electron chi connectivity index (χ2n) is 10.7. The van der Waals surface area contributed by atoms with Crippen LogP contribution in [0.3, 0.4) is 0 Å². The van der Waals surface area contributed by atoms with Gasteiger partial charge in [-0.05, 0) is 63.2 Å². The molecule has 0 unspecified atom stereocenters. The molecule has 0 saturated carbocycles. The van der Waals surface area contributed by atoms with Crippen molar-refractivity contribution in [2.75, 3.05) is 12.4 Å². The van der Waals surface area contributed by atoms with Crippen molar-refractivity contribution in [3.05, 3.63) is 101 Å². The number of nitrogens with two attached hydrogens (primary N) is 1. The van der Waals surface area contributed by atoms with E-state index in [0.717, 1.165) is 12.3 Å². The lowest BCUT2D eigenvalue weighted by Gasteiger charge is -2.19. The molecule has 0 saturated heterocycles. The number of amides is 1. The minimum Gasteiger partial charge on any atom is -0.497 e. The molecule has 0 bridgehead atoms. The smallest absolute Gasteiger partial charge is 0.322 e. The van der Waals surface area contributed by atoms with Crippen LogP contribution in [0.2, 0.25) is 0 Å². The molecule has 0 spiro atoms. The van der Waals surface area contributed by atoms with Gasteiger partial charge in [0.05, 0.1) is 36.7 Å². The Morgan fingerprint density at radius 2 is 1.69 bits per heavy atom. The number of pyridine rings is 2. The van der Waals surface area contributed by atoms with E-state index in [2.05, 4.69) is 15.3 Å². The highest BCUT2D eigenvalue weighted by molar-refractivity contribution is 6.04. The van der Waals surface area contributed by atoms with Crippen LogP contribution in [-0.4, -0.2) is 61.5 Å². The number of methoxy groups -OCH3 is 1. The van der Waals surface area contributed by atoms with Crippen molar-refractivity contribution in [1.29, 1.82) is 0 Å². The molecule has 0 aliphatic rings. The number of carbonyl (C=O) groups is 3. The number of anilines is 1. The number of nitrogens with one attached hydrogen (secondary N) is 1. The molecular weight excluding hydrogens is 620 g/mol. The number of esters is 1. The number of aromatic nitrogens is 4. The lowest BCUT2D eigenvalue weighted by Crippen LogP contribution is -2.34. The van der Waals surface area contributed by atoms with Crippen LogP contribution in [0.4, 0.5) is 5.82 Å². The van der Waals surface area contributed by atoms with E-state index in [-0.39, 0.29) is 17.9 Å². The molecular formula is C34H36N6O8. The highest BCUT2D eigenvalue weighted by atomic mass is 16.5. The number of nitrogens with zero attached hydrogens (tertiary/aromatic N) is 4. The summed E-state index contributed by atoms with van der Waals surface area (Å²) in [6, 6.07) is 18.6. The minimum absolute atomic E-state index is 0.0691. The third-order valence-corrected chi connectivity index (χ3v) is 6.86. The van der Waals surface area contributed by atoms with Gasteiger partial charge in [0.15, 0.2) is 0 Å². The van der Waals surface area contributed by atoms with Gasteiger partial charge in [-0.1, -0.05) is 18.2 Å². The van der Waals surface area contributed by atoms with E-state index in [1.807, 2.05) is 24.3 Å². The maximum Gasteiger partial charge on any atom is 0.322 e. The molecule has 0 fully saturated rings. The Hall–Kier alpha value is -6.02. The Bertz CT molecular complexity index is 1970. The molecule has 4 N–H and O–H groups in total. The van der Waals surface area contributed by atoms with E-state index in [0.29, 0.717) is 34.1 Å². The summed E-state index contributed by atoms with van der Waals surface area (Å²) < 4.78 is 19.7. The quantitative estimate of drug-likeness (QED) is 0.182. The first-order chi connectivity index (χ1) is 22.9. The molecule has 14 heteroatoms. The van der Waals surface area contributed by atoms with Crippen molar-refractivity contribution in [3.8, 4) is 22.9 Å². The molecule has 2 aromatic carbocycles. The molecule has 3 heterocycles. The second-order valence-corrected chi connectivity index (χ2v) is 10.7. The van der Waals surface area contributed by atoms with Crippen molar-refractivity contribution in [3.63, 3.8) is 0 Å². The molecule has 5 aromatic rings. The van der Waals surface area contributed by atoms with Crippen LogP contribution >= 0.6 is 0 Å². The Kier molecular flexibility index (Phi) is 11.3. The summed E-state index contributed by atoms with van der Waals surface area (Å²) in [7, 11) is 1.59. The lowest BCUT2D eigenvalue weighted by atomic mass is 10.2. The monoisotopic (exact) mass is 656 g/mol. The number of ether oxygens (including phenoxy) is 3. The van der Waals surface area contributed by atoms with Crippen molar-refractivity contribution in [2.45, 2.75) is 46.4 Å². The van der Waals surface area contributed by atoms with Gasteiger partial charge in [-0.15, -0.1) is 0 Å². The SMILES string of the molecule is CC(=O)O.COc1ccc2c(Oc3ccc(NC(=O)c4c(C)n(C[C@@H](C)OC(=O)[C@H](C)N)n(-c5ccccc5)c4=O)nc3)ccnc2c1. The number of hydrogen-bond donors (Lipinski definition) is 3. The summed E-state index contributed by atoms with van der Waals surface area (Å²) in [6.07, 6.45) is 2.48. The van der Waals surface area contributed by atoms with Crippen molar-refractivity contribution >= 4 is 34.6 Å². The molecule has 14 nitrogen and oxygen atoms in total. The van der Waals surface area contributed by atoms with Gasteiger partial charge in [0.1, 0.15) is 40.8 Å². The number of fused-ring (bicyclic) bond motifs is 1. The van der Waals surface area contributed by atoms with Crippen LogP contribution in [-0.2, 0) is 20.9 Å². The van der Waals surface area contributed by atoms with Crippen LogP contribution in [0.5, 0.6) is 17.2 Å². The first-order valence-corrected chi connectivity index (χ1v) is 14.8. The number of carboxylic acid groups (broad SMARTS) is 1. The topological polar surface area (TPSA) is 190 Å². The summed E-state index contributed by atoms with van der Waals surface area (Å²) in [6.45, 7) is 6.08. The van der Waals surface area contributed by atoms with E-state index in [4.69, 9.17) is 29.8 Å². The maximum atomic E-state index is 13.7. The molecule has 250 valence electrons. The second kappa shape index (κ2) is 15.5. The number of aliphatic carboxylic acids is 1. The number of hydrogen-bond acceptors (Lipinski definition) is 10. The van der Waals surface area contributed by atoms with E-state index >= 15 is 0 Å². The molecule has 2 atom stereocenters. The lowest BCUT2D eigenvalue weighted by molar-refractivity contribution is -0.150. The maximum absolute atomic E-state index is 13.7. The van der Waals surface area contributed by atoms with Gasteiger partial charge < -0.3 is 30.4 Å². The van der Waals surface area contributed by atoms with Crippen LogP contribution < -0.4 is 26.1 Å². The van der Waals surface area contributed by atoms with Gasteiger partial charge >= 0.3 is 5.97 Å². The molecule has 1 amide bonds. The van der Waals surface area contributed by atoms with Gasteiger partial charge in [-0.3, -0.25) is 28.8 Å². The van der Waals surface area contributed by atoms with Gasteiger partial charge in [-0.2, -0.15) is 0 Å². The Morgan fingerprint density at radius 1 is 1.00 bits per heavy atom. The largest absolute Gasteiger partial charge is 0.497 e. The highest BCUT2D eigenvalue weighted by Gasteiger charge is 2.26. The fraction of sp³-hybridized carbons (Fsp3) is 0.235. The third kappa shape index (κ3) is 8.41. The minimum atomic E-state index is -0.833. The summed E-state index contributed by atoms with van der Waals surface area (Å²) in [5.41, 5.74) is 6.69. The molecule has 0 aliphatic carbocycles. The first kappa shape index (κ1) is 34.8. The van der Waals surface area contributed by atoms with E-state index < -0.39 is 35.6 Å². The van der Waals surface area contributed by atoms with E-state index in [1.54, 1.807) is 74.3 Å². The van der Waals surface area contributed by atoms with Crippen LogP contribution in [0, 0.1) is 6.92 Å². The zero-order valence-corrected chi connectivity index (χ0v) is 27.0. The van der Waals surface area contributed by atoms with Gasteiger partial charge in [-0.25, -0.2) is 9.67 Å². The molecule has 3 aromatic heterocycles. The van der Waals surface area contributed by atoms with Crippen molar-refractivity contribution < 1.29 is 33.7 Å². The predicted octanol–water partition coefficient (Wildman–Crippen LogP) is 4.31. The summed E-state index contributed by atoms with van der Waals surface area (Å²) in [5, 5.41) is 10.9. The molecule has 0 aliphatic heterocycles. The normalized spacial score (nSPS) is 11.9. The zero-order valence-electron chi connectivity index (χ0n) is 27.0. The molecule has 48 heavy (non-hydrogen) atoms. The predicted molar refractivity (Wildman–Crippen MR) is 178 cm³/mol. The summed E-state index contributed by atoms with van der Waals surface area (Å²) in [4.78, 5) is 56.9. The van der Waals surface area contributed by atoms with E-state index in [1.165, 1.54) is 17.8 Å². The van der Waals surface area contributed by atoms with Gasteiger partial charge in [0, 0.05) is 24.6 Å². The number of rotatable bonds is 10. The number of carboxylic acids is 1. The Balaban J connectivity index is 0.00000123. The fourth-order valence-corrected chi connectivity index (χ4v) is 4.68.